The molecule has 0 saturated heterocycles. The molecule has 1 aromatic carbocycles. The molecule has 1 aromatic rings. The predicted molar refractivity (Wildman–Crippen MR) is 54.6 cm³/mol. The van der Waals surface area contributed by atoms with Crippen LogP contribution in [0.25, 0.3) is 0 Å². The summed E-state index contributed by atoms with van der Waals surface area (Å²) >= 11 is -1.26. The number of hydrogen-bond donors (Lipinski definition) is 0. The van der Waals surface area contributed by atoms with Crippen molar-refractivity contribution in [1.29, 1.82) is 0 Å². The van der Waals surface area contributed by atoms with Crippen molar-refractivity contribution in [2.45, 2.75) is 0 Å². The van der Waals surface area contributed by atoms with Crippen LogP contribution in [0, 0.1) is 3.57 Å². The minimum atomic E-state index is -1.26. The van der Waals surface area contributed by atoms with E-state index in [9.17, 15) is 0 Å². The van der Waals surface area contributed by atoms with Gasteiger partial charge in [-0.05, 0) is 0 Å². The van der Waals surface area contributed by atoms with Crippen LogP contribution in [0.4, 0.5) is 0 Å². The summed E-state index contributed by atoms with van der Waals surface area (Å²) in [6, 6.07) is 10.2. The molecule has 9 heavy (non-hydrogen) atoms. The quantitative estimate of drug-likeness (QED) is 0.406. The molecule has 0 N–H and O–H groups in total. The Hall–Kier alpha value is 0.445. The van der Waals surface area contributed by atoms with Crippen molar-refractivity contribution in [1.82, 2.24) is 0 Å². The summed E-state index contributed by atoms with van der Waals surface area (Å²) in [7, 11) is 0. The van der Waals surface area contributed by atoms with E-state index >= 15 is 0 Å². The zero-order valence-corrected chi connectivity index (χ0v) is 8.23. The van der Waals surface area contributed by atoms with Crippen LogP contribution in [0.3, 0.4) is 0 Å². The van der Waals surface area contributed by atoms with Crippen LogP contribution in [0.5, 0.6) is 0 Å². The van der Waals surface area contributed by atoms with Gasteiger partial charge in [0.2, 0.25) is 0 Å². The molecule has 0 bridgehead atoms. The molecule has 1 rings (SSSR count). The predicted octanol–water partition coefficient (Wildman–Crippen LogP) is 2.24. The van der Waals surface area contributed by atoms with E-state index < -0.39 is 19.1 Å². The van der Waals surface area contributed by atoms with Crippen LogP contribution in [-0.4, -0.2) is 5.70 Å². The number of benzene rings is 1. The van der Waals surface area contributed by atoms with Crippen LogP contribution in [0.15, 0.2) is 30.3 Å². The van der Waals surface area contributed by atoms with Gasteiger partial charge >= 0.3 is 65.5 Å². The van der Waals surface area contributed by atoms with Crippen molar-refractivity contribution >= 4 is 31.6 Å². The van der Waals surface area contributed by atoms with Gasteiger partial charge in [-0.25, -0.2) is 0 Å². The van der Waals surface area contributed by atoms with Crippen molar-refractivity contribution < 1.29 is 0 Å². The molecule has 0 saturated carbocycles. The molecule has 0 aromatic heterocycles. The van der Waals surface area contributed by atoms with Crippen molar-refractivity contribution in [3.8, 4) is 0 Å². The Labute approximate surface area is 65.5 Å². The van der Waals surface area contributed by atoms with Crippen molar-refractivity contribution in [3.05, 3.63) is 33.9 Å². The van der Waals surface area contributed by atoms with E-state index in [1.54, 1.807) is 0 Å². The second-order valence-electron chi connectivity index (χ2n) is 1.64. The van der Waals surface area contributed by atoms with Gasteiger partial charge < -0.3 is 0 Å². The van der Waals surface area contributed by atoms with Gasteiger partial charge in [0.25, 0.3) is 0 Å². The van der Waals surface area contributed by atoms with Crippen LogP contribution in [-0.2, 0) is 0 Å². The van der Waals surface area contributed by atoms with Gasteiger partial charge in [-0.3, -0.25) is 0 Å². The fraction of sp³-hybridized carbons (Fsp3) is 0. The number of hydrogen-bond acceptors (Lipinski definition) is 0. The van der Waals surface area contributed by atoms with E-state index in [1.807, 2.05) is 18.2 Å². The van der Waals surface area contributed by atoms with Crippen LogP contribution < -0.4 is 0 Å². The van der Waals surface area contributed by atoms with E-state index in [-0.39, 0.29) is 0 Å². The molecule has 1 atom stereocenters. The maximum atomic E-state index is 5.73. The van der Waals surface area contributed by atoms with Crippen molar-refractivity contribution in [2.24, 2.45) is 0 Å². The topological polar surface area (TPSA) is 0 Å². The molecule has 3 heteroatoms. The fourth-order valence-electron chi connectivity index (χ4n) is 0.560. The van der Waals surface area contributed by atoms with Gasteiger partial charge in [0.1, 0.15) is 0 Å². The third-order valence-electron chi connectivity index (χ3n) is 0.985. The summed E-state index contributed by atoms with van der Waals surface area (Å²) in [6.45, 7) is 2.71. The van der Waals surface area contributed by atoms with E-state index in [1.165, 1.54) is 3.57 Å². The Balaban J connectivity index is 2.85. The van der Waals surface area contributed by atoms with Gasteiger partial charge in [0, 0.05) is 0 Å². The van der Waals surface area contributed by atoms with Gasteiger partial charge in [-0.1, -0.05) is 0 Å². The number of rotatable bonds is 1. The van der Waals surface area contributed by atoms with Crippen LogP contribution >= 0.6 is 25.9 Å². The SMILES string of the molecule is [B]I(P)c1ccccc1. The molecule has 0 spiro atoms. The van der Waals surface area contributed by atoms with Gasteiger partial charge in [-0.2, -0.15) is 0 Å². The molecule has 2 radical (unpaired) electrons. The van der Waals surface area contributed by atoms with Crippen LogP contribution in [0.1, 0.15) is 0 Å². The zero-order valence-electron chi connectivity index (χ0n) is 4.92. The monoisotopic (exact) mass is 248 g/mol. The summed E-state index contributed by atoms with van der Waals surface area (Å²) in [5.74, 6) is 0. The molecule has 0 aliphatic rings. The Morgan fingerprint density at radius 2 is 1.78 bits per heavy atom. The molecule has 46 valence electrons. The molecular weight excluding hydrogens is 241 g/mol. The minimum absolute atomic E-state index is 1.26. The van der Waals surface area contributed by atoms with E-state index in [2.05, 4.69) is 19.0 Å². The zero-order chi connectivity index (χ0) is 6.69. The summed E-state index contributed by atoms with van der Waals surface area (Å²) in [5, 5.41) is 0. The van der Waals surface area contributed by atoms with Gasteiger partial charge in [0.15, 0.2) is 0 Å². The van der Waals surface area contributed by atoms with Crippen molar-refractivity contribution in [2.75, 3.05) is 0 Å². The first-order valence-corrected chi connectivity index (χ1v) is 9.03. The van der Waals surface area contributed by atoms with Crippen molar-refractivity contribution in [3.63, 3.8) is 0 Å². The summed E-state index contributed by atoms with van der Waals surface area (Å²) in [5.41, 5.74) is 5.73. The summed E-state index contributed by atoms with van der Waals surface area (Å²) in [6.07, 6.45) is 0. The number of halogens is 1. The molecule has 0 aliphatic heterocycles. The first-order valence-electron chi connectivity index (χ1n) is 2.54. The molecular formula is C6H7BIP. The Morgan fingerprint density at radius 3 is 2.11 bits per heavy atom. The third kappa shape index (κ3) is 2.26. The molecule has 1 unspecified atom stereocenters. The average molecular weight is 248 g/mol. The molecule has 0 amide bonds. The molecule has 0 nitrogen and oxygen atoms in total. The molecule has 0 fully saturated rings. The first kappa shape index (κ1) is 7.55. The van der Waals surface area contributed by atoms with E-state index in [0.29, 0.717) is 0 Å². The summed E-state index contributed by atoms with van der Waals surface area (Å²) in [4.78, 5) is 0. The Kier molecular flexibility index (Phi) is 3.00. The fourth-order valence-corrected chi connectivity index (χ4v) is 2.78. The standard InChI is InChI=1S/C6H7BIP/c7-8(9)6-4-2-1-3-5-6/h1-5H,9H2. The Bertz CT molecular complexity index is 176. The van der Waals surface area contributed by atoms with E-state index in [4.69, 9.17) is 5.70 Å². The Morgan fingerprint density at radius 1 is 1.22 bits per heavy atom. The first-order chi connectivity index (χ1) is 4.30. The summed E-state index contributed by atoms with van der Waals surface area (Å²) < 4.78 is 1.31. The second-order valence-corrected chi connectivity index (χ2v) is 8.00. The van der Waals surface area contributed by atoms with Gasteiger partial charge in [-0.15, -0.1) is 0 Å². The average Bonchev–Trinajstić information content (AvgIpc) is 1.90. The van der Waals surface area contributed by atoms with Gasteiger partial charge in [0.05, 0.1) is 0 Å². The second kappa shape index (κ2) is 3.57. The molecule has 0 heterocycles. The normalized spacial score (nSPS) is 11.0. The third-order valence-corrected chi connectivity index (χ3v) is 4.83. The van der Waals surface area contributed by atoms with Crippen LogP contribution in [0.2, 0.25) is 0 Å². The molecule has 0 aliphatic carbocycles. The maximum absolute atomic E-state index is 5.73. The van der Waals surface area contributed by atoms with E-state index in [0.717, 1.165) is 0 Å².